The van der Waals surface area contributed by atoms with E-state index in [1.165, 1.54) is 7.11 Å². The van der Waals surface area contributed by atoms with E-state index >= 15 is 0 Å². The first-order valence-corrected chi connectivity index (χ1v) is 9.50. The second-order valence-corrected chi connectivity index (χ2v) is 7.75. The fourth-order valence-electron chi connectivity index (χ4n) is 4.91. The lowest BCUT2D eigenvalue weighted by Gasteiger charge is -2.55. The van der Waals surface area contributed by atoms with Gasteiger partial charge in [0, 0.05) is 23.8 Å². The Morgan fingerprint density at radius 2 is 1.96 bits per heavy atom. The number of aliphatic hydroxyl groups excluding tert-OH is 1. The molecule has 0 radical (unpaired) electrons. The van der Waals surface area contributed by atoms with Crippen LogP contribution in [0.3, 0.4) is 0 Å². The Labute approximate surface area is 156 Å². The van der Waals surface area contributed by atoms with E-state index in [1.54, 1.807) is 6.07 Å². The van der Waals surface area contributed by atoms with Crippen LogP contribution in [0, 0.1) is 5.92 Å². The van der Waals surface area contributed by atoms with Crippen molar-refractivity contribution in [3.63, 3.8) is 0 Å². The number of hydrogen-bond donors (Lipinski definition) is 3. The van der Waals surface area contributed by atoms with Crippen LogP contribution in [0.4, 0.5) is 0 Å². The van der Waals surface area contributed by atoms with E-state index in [0.29, 0.717) is 30.6 Å². The van der Waals surface area contributed by atoms with E-state index < -0.39 is 17.1 Å². The summed E-state index contributed by atoms with van der Waals surface area (Å²) >= 11 is 0. The zero-order valence-corrected chi connectivity index (χ0v) is 16.5. The van der Waals surface area contributed by atoms with E-state index in [-0.39, 0.29) is 30.3 Å². The molecule has 0 heterocycles. The molecule has 146 valence electrons. The van der Waals surface area contributed by atoms with E-state index in [9.17, 15) is 20.1 Å². The second-order valence-electron chi connectivity index (χ2n) is 7.75. The van der Waals surface area contributed by atoms with Gasteiger partial charge in [0.25, 0.3) is 0 Å². The van der Waals surface area contributed by atoms with Crippen molar-refractivity contribution < 1.29 is 24.9 Å². The highest BCUT2D eigenvalue weighted by Gasteiger charge is 2.61. The van der Waals surface area contributed by atoms with Gasteiger partial charge in [0.15, 0.2) is 11.5 Å². The summed E-state index contributed by atoms with van der Waals surface area (Å²) in [6, 6.07) is 3.57. The first-order valence-electron chi connectivity index (χ1n) is 9.50. The maximum atomic E-state index is 12.5. The monoisotopic (exact) mass is 364 g/mol. The van der Waals surface area contributed by atoms with E-state index in [1.807, 2.05) is 33.8 Å². The number of rotatable bonds is 6. The van der Waals surface area contributed by atoms with Gasteiger partial charge in [-0.1, -0.05) is 40.2 Å². The van der Waals surface area contributed by atoms with Gasteiger partial charge in [-0.05, 0) is 30.4 Å². The number of hydrogen-bond acceptors (Lipinski definition) is 5. The summed E-state index contributed by atoms with van der Waals surface area (Å²) in [5, 5.41) is 33.6. The van der Waals surface area contributed by atoms with E-state index in [4.69, 9.17) is 4.74 Å². The number of carbonyl (C=O) groups is 1. The van der Waals surface area contributed by atoms with Crippen LogP contribution in [-0.4, -0.2) is 39.9 Å². The van der Waals surface area contributed by atoms with Gasteiger partial charge in [0.05, 0.1) is 13.2 Å². The minimum atomic E-state index is -1.52. The summed E-state index contributed by atoms with van der Waals surface area (Å²) in [5.74, 6) is -0.124. The highest BCUT2D eigenvalue weighted by Crippen LogP contribution is 2.56. The molecule has 1 fully saturated rings. The number of phenolic OH excluding ortho intramolecular Hbond substituents is 1. The molecule has 26 heavy (non-hydrogen) atoms. The average Bonchev–Trinajstić information content (AvgIpc) is 2.58. The van der Waals surface area contributed by atoms with Gasteiger partial charge in [-0.25, -0.2) is 0 Å². The first kappa shape index (κ1) is 20.7. The smallest absolute Gasteiger partial charge is 0.161 e. The molecule has 0 amide bonds. The molecule has 5 heteroatoms. The maximum absolute atomic E-state index is 12.5. The van der Waals surface area contributed by atoms with Crippen LogP contribution in [0.5, 0.6) is 11.5 Å². The highest BCUT2D eigenvalue weighted by molar-refractivity contribution is 5.83. The second kappa shape index (κ2) is 7.57. The molecule has 5 nitrogen and oxygen atoms in total. The third-order valence-electron chi connectivity index (χ3n) is 6.06. The lowest BCUT2D eigenvalue weighted by molar-refractivity contribution is -0.184. The number of aromatic hydroxyl groups is 1. The third-order valence-corrected chi connectivity index (χ3v) is 6.06. The molecule has 1 aliphatic carbocycles. The van der Waals surface area contributed by atoms with Crippen molar-refractivity contribution >= 4 is 5.78 Å². The Morgan fingerprint density at radius 3 is 2.46 bits per heavy atom. The SMILES string of the molecule is CCCC1(c2c(CC)ccc(OC)c2O)CC(=O)CC(O)C1(O)C(C)C. The van der Waals surface area contributed by atoms with Crippen LogP contribution >= 0.6 is 0 Å². The van der Waals surface area contributed by atoms with Gasteiger partial charge in [0.2, 0.25) is 0 Å². The number of carbonyl (C=O) groups excluding carboxylic acids is 1. The fraction of sp³-hybridized carbons (Fsp3) is 0.667. The average molecular weight is 364 g/mol. The summed E-state index contributed by atoms with van der Waals surface area (Å²) in [6.45, 7) is 7.66. The van der Waals surface area contributed by atoms with Crippen LogP contribution in [0.2, 0.25) is 0 Å². The van der Waals surface area contributed by atoms with Crippen LogP contribution in [0.1, 0.15) is 64.5 Å². The molecule has 2 rings (SSSR count). The Hall–Kier alpha value is -1.59. The molecule has 0 saturated heterocycles. The minimum absolute atomic E-state index is 0.0405. The van der Waals surface area contributed by atoms with Crippen LogP contribution in [0.25, 0.3) is 0 Å². The van der Waals surface area contributed by atoms with Crippen molar-refractivity contribution in [2.24, 2.45) is 5.92 Å². The molecular formula is C21H32O5. The predicted molar refractivity (Wildman–Crippen MR) is 101 cm³/mol. The van der Waals surface area contributed by atoms with E-state index in [2.05, 4.69) is 0 Å². The van der Waals surface area contributed by atoms with E-state index in [0.717, 1.165) is 5.56 Å². The first-order chi connectivity index (χ1) is 12.2. The van der Waals surface area contributed by atoms with Crippen LogP contribution < -0.4 is 4.74 Å². The number of benzene rings is 1. The van der Waals surface area contributed by atoms with Gasteiger partial charge >= 0.3 is 0 Å². The summed E-state index contributed by atoms with van der Waals surface area (Å²) in [7, 11) is 1.48. The fourth-order valence-corrected chi connectivity index (χ4v) is 4.91. The predicted octanol–water partition coefficient (Wildman–Crippen LogP) is 3.11. The number of aryl methyl sites for hydroxylation is 1. The van der Waals surface area contributed by atoms with Crippen molar-refractivity contribution in [1.82, 2.24) is 0 Å². The summed E-state index contributed by atoms with van der Waals surface area (Å²) in [6.07, 6.45) is 0.682. The zero-order chi connectivity index (χ0) is 19.7. The Kier molecular flexibility index (Phi) is 6.03. The molecule has 3 unspecified atom stereocenters. The molecule has 0 bridgehead atoms. The largest absolute Gasteiger partial charge is 0.504 e. The number of ether oxygens (including phenoxy) is 1. The molecule has 1 aromatic rings. The standard InChI is InChI=1S/C21H32O5/c1-6-10-20(12-15(22)11-17(23)21(20,25)13(3)4)18-14(7-2)8-9-16(26-5)19(18)24/h8-9,13,17,23-25H,6-7,10-12H2,1-5H3. The molecule has 1 aliphatic rings. The number of Topliss-reactive ketones (excluding diaryl/α,β-unsaturated/α-hetero) is 1. The molecular weight excluding hydrogens is 332 g/mol. The van der Waals surface area contributed by atoms with Crippen molar-refractivity contribution in [3.05, 3.63) is 23.3 Å². The van der Waals surface area contributed by atoms with Crippen molar-refractivity contribution in [1.29, 1.82) is 0 Å². The zero-order valence-electron chi connectivity index (χ0n) is 16.5. The van der Waals surface area contributed by atoms with Crippen molar-refractivity contribution in [2.45, 2.75) is 76.9 Å². The Morgan fingerprint density at radius 1 is 1.31 bits per heavy atom. The Bertz CT molecular complexity index is 669. The molecule has 0 spiro atoms. The minimum Gasteiger partial charge on any atom is -0.504 e. The van der Waals surface area contributed by atoms with Gasteiger partial charge in [-0.15, -0.1) is 0 Å². The lowest BCUT2D eigenvalue weighted by Crippen LogP contribution is -2.66. The molecule has 3 atom stereocenters. The normalized spacial score (nSPS) is 29.2. The number of phenols is 1. The summed E-state index contributed by atoms with van der Waals surface area (Å²) in [4.78, 5) is 12.5. The maximum Gasteiger partial charge on any atom is 0.161 e. The molecule has 0 aliphatic heterocycles. The molecule has 0 aromatic heterocycles. The van der Waals surface area contributed by atoms with Crippen LogP contribution in [-0.2, 0) is 16.6 Å². The lowest BCUT2D eigenvalue weighted by atomic mass is 9.52. The van der Waals surface area contributed by atoms with Crippen molar-refractivity contribution in [3.8, 4) is 11.5 Å². The molecule has 1 saturated carbocycles. The number of ketones is 1. The molecule has 1 aromatic carbocycles. The van der Waals surface area contributed by atoms with Crippen LogP contribution in [0.15, 0.2) is 12.1 Å². The topological polar surface area (TPSA) is 87.0 Å². The van der Waals surface area contributed by atoms with Gasteiger partial charge in [-0.2, -0.15) is 0 Å². The van der Waals surface area contributed by atoms with Gasteiger partial charge in [-0.3, -0.25) is 4.79 Å². The quantitative estimate of drug-likeness (QED) is 0.722. The van der Waals surface area contributed by atoms with Gasteiger partial charge < -0.3 is 20.1 Å². The third kappa shape index (κ3) is 2.91. The number of methoxy groups -OCH3 is 1. The summed E-state index contributed by atoms with van der Waals surface area (Å²) < 4.78 is 5.30. The van der Waals surface area contributed by atoms with Gasteiger partial charge in [0.1, 0.15) is 11.4 Å². The highest BCUT2D eigenvalue weighted by atomic mass is 16.5. The summed E-state index contributed by atoms with van der Waals surface area (Å²) in [5.41, 5.74) is -1.18. The Balaban J connectivity index is 2.90. The molecule has 3 N–H and O–H groups in total. The number of aliphatic hydroxyl groups is 2. The van der Waals surface area contributed by atoms with Crippen molar-refractivity contribution in [2.75, 3.05) is 7.11 Å².